The third-order valence-electron chi connectivity index (χ3n) is 3.62. The van der Waals surface area contributed by atoms with Crippen molar-refractivity contribution in [2.45, 2.75) is 20.0 Å². The molecule has 0 atom stereocenters. The highest BCUT2D eigenvalue weighted by atomic mass is 127. The Kier molecular flexibility index (Phi) is 9.79. The van der Waals surface area contributed by atoms with Gasteiger partial charge in [-0.3, -0.25) is 4.99 Å². The Balaban J connectivity index is 0.00000338. The predicted octanol–water partition coefficient (Wildman–Crippen LogP) is 3.72. The van der Waals surface area contributed by atoms with Gasteiger partial charge in [0, 0.05) is 25.7 Å². The topological polar surface area (TPSA) is 54.9 Å². The fourth-order valence-corrected chi connectivity index (χ4v) is 2.35. The summed E-state index contributed by atoms with van der Waals surface area (Å²) >= 11 is 0. The van der Waals surface area contributed by atoms with Gasteiger partial charge in [-0.05, 0) is 30.7 Å². The van der Waals surface area contributed by atoms with Crippen LogP contribution in [0, 0.1) is 5.82 Å². The summed E-state index contributed by atoms with van der Waals surface area (Å²) in [6.07, 6.45) is 0. The molecule has 7 heteroatoms. The number of ether oxygens (including phenoxy) is 2. The molecular formula is C19H25FIN3O2. The molecule has 0 aliphatic heterocycles. The van der Waals surface area contributed by atoms with E-state index in [9.17, 15) is 4.39 Å². The van der Waals surface area contributed by atoms with Gasteiger partial charge in [-0.15, -0.1) is 24.0 Å². The molecule has 2 N–H and O–H groups in total. The normalized spacial score (nSPS) is 10.7. The van der Waals surface area contributed by atoms with E-state index >= 15 is 0 Å². The van der Waals surface area contributed by atoms with Gasteiger partial charge in [-0.2, -0.15) is 0 Å². The molecule has 5 nitrogen and oxygen atoms in total. The largest absolute Gasteiger partial charge is 0.494 e. The van der Waals surface area contributed by atoms with Crippen LogP contribution in [0.4, 0.5) is 4.39 Å². The predicted molar refractivity (Wildman–Crippen MR) is 113 cm³/mol. The summed E-state index contributed by atoms with van der Waals surface area (Å²) in [6.45, 7) is 3.60. The lowest BCUT2D eigenvalue weighted by Crippen LogP contribution is -2.36. The number of benzene rings is 2. The SMILES string of the molecule is CCOc1ccccc1CNC(=NC)NCc1ccc(OC)c(F)c1.I. The number of aliphatic imine (C=N–C) groups is 1. The molecule has 142 valence electrons. The van der Waals surface area contributed by atoms with Crippen molar-refractivity contribution in [2.75, 3.05) is 20.8 Å². The Hall–Kier alpha value is -2.03. The number of hydrogen-bond donors (Lipinski definition) is 2. The molecule has 2 aromatic carbocycles. The van der Waals surface area contributed by atoms with Crippen LogP contribution >= 0.6 is 24.0 Å². The average Bonchev–Trinajstić information content (AvgIpc) is 2.63. The number of guanidine groups is 1. The summed E-state index contributed by atoms with van der Waals surface area (Å²) in [5.74, 6) is 1.34. The minimum Gasteiger partial charge on any atom is -0.494 e. The highest BCUT2D eigenvalue weighted by Crippen LogP contribution is 2.18. The second-order valence-corrected chi connectivity index (χ2v) is 5.29. The Labute approximate surface area is 171 Å². The van der Waals surface area contributed by atoms with Crippen LogP contribution in [-0.4, -0.2) is 26.7 Å². The summed E-state index contributed by atoms with van der Waals surface area (Å²) in [6, 6.07) is 12.7. The molecule has 0 saturated carbocycles. The monoisotopic (exact) mass is 473 g/mol. The van der Waals surface area contributed by atoms with Crippen molar-refractivity contribution in [2.24, 2.45) is 4.99 Å². The molecule has 0 aliphatic rings. The van der Waals surface area contributed by atoms with Gasteiger partial charge in [-0.1, -0.05) is 24.3 Å². The first-order valence-corrected chi connectivity index (χ1v) is 8.15. The molecule has 0 fully saturated rings. The Morgan fingerprint density at radius 3 is 2.46 bits per heavy atom. The zero-order chi connectivity index (χ0) is 18.1. The first kappa shape index (κ1) is 22.0. The summed E-state index contributed by atoms with van der Waals surface area (Å²) in [5.41, 5.74) is 1.85. The molecule has 0 heterocycles. The van der Waals surface area contributed by atoms with E-state index in [0.29, 0.717) is 25.7 Å². The van der Waals surface area contributed by atoms with Crippen LogP contribution in [0.15, 0.2) is 47.5 Å². The van der Waals surface area contributed by atoms with Crippen LogP contribution in [0.5, 0.6) is 11.5 Å². The lowest BCUT2D eigenvalue weighted by molar-refractivity contribution is 0.336. The van der Waals surface area contributed by atoms with Gasteiger partial charge in [0.05, 0.1) is 13.7 Å². The maximum absolute atomic E-state index is 13.7. The van der Waals surface area contributed by atoms with Crippen LogP contribution in [0.3, 0.4) is 0 Å². The van der Waals surface area contributed by atoms with Crippen molar-refractivity contribution in [1.29, 1.82) is 0 Å². The average molecular weight is 473 g/mol. The first-order valence-electron chi connectivity index (χ1n) is 8.15. The third kappa shape index (κ3) is 6.36. The highest BCUT2D eigenvalue weighted by Gasteiger charge is 2.06. The van der Waals surface area contributed by atoms with Crippen molar-refractivity contribution >= 4 is 29.9 Å². The van der Waals surface area contributed by atoms with Gasteiger partial charge >= 0.3 is 0 Å². The number of hydrogen-bond acceptors (Lipinski definition) is 3. The zero-order valence-corrected chi connectivity index (χ0v) is 17.5. The fourth-order valence-electron chi connectivity index (χ4n) is 2.35. The number of para-hydroxylation sites is 1. The quantitative estimate of drug-likeness (QED) is 0.366. The van der Waals surface area contributed by atoms with E-state index in [1.165, 1.54) is 13.2 Å². The molecule has 0 aliphatic carbocycles. The molecule has 0 spiro atoms. The number of rotatable bonds is 7. The minimum atomic E-state index is -0.379. The first-order chi connectivity index (χ1) is 12.2. The zero-order valence-electron chi connectivity index (χ0n) is 15.2. The van der Waals surface area contributed by atoms with Crippen molar-refractivity contribution in [3.63, 3.8) is 0 Å². The molecule has 0 bridgehead atoms. The summed E-state index contributed by atoms with van der Waals surface area (Å²) in [7, 11) is 3.14. The Morgan fingerprint density at radius 2 is 1.81 bits per heavy atom. The molecule has 26 heavy (non-hydrogen) atoms. The van der Waals surface area contributed by atoms with Crippen LogP contribution in [0.2, 0.25) is 0 Å². The lowest BCUT2D eigenvalue weighted by Gasteiger charge is -2.14. The molecular weight excluding hydrogens is 448 g/mol. The van der Waals surface area contributed by atoms with E-state index < -0.39 is 0 Å². The maximum Gasteiger partial charge on any atom is 0.191 e. The minimum absolute atomic E-state index is 0. The molecule has 0 unspecified atom stereocenters. The maximum atomic E-state index is 13.7. The second-order valence-electron chi connectivity index (χ2n) is 5.29. The van der Waals surface area contributed by atoms with Gasteiger partial charge in [0.2, 0.25) is 0 Å². The summed E-state index contributed by atoms with van der Waals surface area (Å²) in [4.78, 5) is 4.19. The van der Waals surface area contributed by atoms with E-state index in [1.807, 2.05) is 37.3 Å². The van der Waals surface area contributed by atoms with Gasteiger partial charge < -0.3 is 20.1 Å². The number of nitrogens with zero attached hydrogens (tertiary/aromatic N) is 1. The third-order valence-corrected chi connectivity index (χ3v) is 3.62. The van der Waals surface area contributed by atoms with Crippen molar-refractivity contribution in [3.8, 4) is 11.5 Å². The van der Waals surface area contributed by atoms with Crippen LogP contribution in [0.1, 0.15) is 18.1 Å². The lowest BCUT2D eigenvalue weighted by atomic mass is 10.2. The Morgan fingerprint density at radius 1 is 1.08 bits per heavy atom. The van der Waals surface area contributed by atoms with Gasteiger partial charge in [0.25, 0.3) is 0 Å². The van der Waals surface area contributed by atoms with Crippen molar-refractivity contribution < 1.29 is 13.9 Å². The smallest absolute Gasteiger partial charge is 0.191 e. The number of nitrogens with one attached hydrogen (secondary N) is 2. The number of halogens is 2. The second kappa shape index (κ2) is 11.6. The van der Waals surface area contributed by atoms with E-state index in [0.717, 1.165) is 16.9 Å². The highest BCUT2D eigenvalue weighted by molar-refractivity contribution is 14.0. The van der Waals surface area contributed by atoms with Gasteiger partial charge in [0.1, 0.15) is 5.75 Å². The molecule has 0 amide bonds. The van der Waals surface area contributed by atoms with E-state index in [2.05, 4.69) is 15.6 Å². The van der Waals surface area contributed by atoms with E-state index in [-0.39, 0.29) is 35.5 Å². The standard InChI is InChI=1S/C19H24FN3O2.HI/c1-4-25-17-8-6-5-7-15(17)13-23-19(21-2)22-12-14-9-10-18(24-3)16(20)11-14;/h5-11H,4,12-13H2,1-3H3,(H2,21,22,23);1H. The fraction of sp³-hybridized carbons (Fsp3) is 0.316. The molecule has 2 rings (SSSR count). The van der Waals surface area contributed by atoms with Crippen molar-refractivity contribution in [1.82, 2.24) is 10.6 Å². The van der Waals surface area contributed by atoms with Gasteiger partial charge in [-0.25, -0.2) is 4.39 Å². The summed E-state index contributed by atoms with van der Waals surface area (Å²) < 4.78 is 24.3. The van der Waals surface area contributed by atoms with Gasteiger partial charge in [0.15, 0.2) is 17.5 Å². The van der Waals surface area contributed by atoms with Crippen LogP contribution in [-0.2, 0) is 13.1 Å². The van der Waals surface area contributed by atoms with E-state index in [4.69, 9.17) is 9.47 Å². The van der Waals surface area contributed by atoms with Crippen LogP contribution < -0.4 is 20.1 Å². The number of methoxy groups -OCH3 is 1. The van der Waals surface area contributed by atoms with E-state index in [1.54, 1.807) is 13.1 Å². The Bertz CT molecular complexity index is 726. The molecule has 2 aromatic rings. The molecule has 0 aromatic heterocycles. The van der Waals surface area contributed by atoms with Crippen molar-refractivity contribution in [3.05, 3.63) is 59.4 Å². The summed E-state index contributed by atoms with van der Waals surface area (Å²) in [5, 5.41) is 6.40. The van der Waals surface area contributed by atoms with Crippen LogP contribution in [0.25, 0.3) is 0 Å². The molecule has 0 radical (unpaired) electrons. The molecule has 0 saturated heterocycles.